The normalized spacial score (nSPS) is 11.1. The molecule has 0 saturated heterocycles. The van der Waals surface area contributed by atoms with E-state index in [4.69, 9.17) is 0 Å². The van der Waals surface area contributed by atoms with Crippen molar-refractivity contribution in [1.29, 1.82) is 0 Å². The highest BCUT2D eigenvalue weighted by atomic mass is 19.1. The summed E-state index contributed by atoms with van der Waals surface area (Å²) in [5.41, 5.74) is 5.30. The van der Waals surface area contributed by atoms with Crippen LogP contribution in [0.3, 0.4) is 0 Å². The van der Waals surface area contributed by atoms with Crippen LogP contribution in [0.1, 0.15) is 29.4 Å². The van der Waals surface area contributed by atoms with Crippen LogP contribution in [0.2, 0.25) is 0 Å². The number of halogens is 1. The molecule has 0 saturated carbocycles. The highest BCUT2D eigenvalue weighted by Gasteiger charge is 2.13. The second-order valence-corrected chi connectivity index (χ2v) is 5.10. The maximum Gasteiger partial charge on any atom is 0.123 e. The zero-order chi connectivity index (χ0) is 14.7. The molecule has 0 aliphatic carbocycles. The Morgan fingerprint density at radius 2 is 2.00 bits per heavy atom. The number of likely N-dealkylation sites (N-methyl/N-ethyl adjacent to an activating group) is 1. The quantitative estimate of drug-likeness (QED) is 0.850. The van der Waals surface area contributed by atoms with E-state index in [-0.39, 0.29) is 5.82 Å². The lowest BCUT2D eigenvalue weighted by Gasteiger charge is -2.09. The molecule has 3 nitrogen and oxygen atoms in total. The van der Waals surface area contributed by atoms with Crippen LogP contribution in [-0.2, 0) is 6.42 Å². The summed E-state index contributed by atoms with van der Waals surface area (Å²) in [5.74, 6) is -0.208. The number of hydrogen-bond acceptors (Lipinski definition) is 2. The molecule has 20 heavy (non-hydrogen) atoms. The van der Waals surface area contributed by atoms with Gasteiger partial charge in [-0.25, -0.2) is 9.07 Å². The van der Waals surface area contributed by atoms with Crippen molar-refractivity contribution in [2.45, 2.75) is 34.1 Å². The third kappa shape index (κ3) is 2.90. The van der Waals surface area contributed by atoms with Crippen LogP contribution in [0, 0.1) is 26.6 Å². The third-order valence-corrected chi connectivity index (χ3v) is 3.63. The molecule has 4 heteroatoms. The van der Waals surface area contributed by atoms with Gasteiger partial charge in [0.2, 0.25) is 0 Å². The Labute approximate surface area is 119 Å². The van der Waals surface area contributed by atoms with Crippen molar-refractivity contribution >= 4 is 0 Å². The first-order valence-electron chi connectivity index (χ1n) is 7.07. The highest BCUT2D eigenvalue weighted by molar-refractivity contribution is 5.43. The Bertz CT molecular complexity index is 602. The van der Waals surface area contributed by atoms with Crippen molar-refractivity contribution < 1.29 is 4.39 Å². The van der Waals surface area contributed by atoms with E-state index in [1.54, 1.807) is 12.1 Å². The fourth-order valence-electron chi connectivity index (χ4n) is 2.52. The fraction of sp³-hybridized carbons (Fsp3) is 0.438. The van der Waals surface area contributed by atoms with Gasteiger partial charge in [0.25, 0.3) is 0 Å². The van der Waals surface area contributed by atoms with E-state index < -0.39 is 0 Å². The molecule has 0 radical (unpaired) electrons. The van der Waals surface area contributed by atoms with Gasteiger partial charge in [-0.3, -0.25) is 0 Å². The van der Waals surface area contributed by atoms with Crippen LogP contribution in [0.25, 0.3) is 5.69 Å². The number of nitrogens with one attached hydrogen (secondary N) is 1. The van der Waals surface area contributed by atoms with Crippen molar-refractivity contribution in [2.75, 3.05) is 13.1 Å². The van der Waals surface area contributed by atoms with Gasteiger partial charge in [-0.15, -0.1) is 0 Å². The minimum absolute atomic E-state index is 0.208. The largest absolute Gasteiger partial charge is 0.317 e. The topological polar surface area (TPSA) is 29.9 Å². The lowest BCUT2D eigenvalue weighted by Crippen LogP contribution is -2.16. The van der Waals surface area contributed by atoms with Crippen LogP contribution < -0.4 is 5.32 Å². The maximum absolute atomic E-state index is 13.2. The summed E-state index contributed by atoms with van der Waals surface area (Å²) in [6.07, 6.45) is 0.964. The van der Waals surface area contributed by atoms with Gasteiger partial charge in [0.15, 0.2) is 0 Å². The van der Waals surface area contributed by atoms with Crippen LogP contribution in [0.5, 0.6) is 0 Å². The van der Waals surface area contributed by atoms with Crippen molar-refractivity contribution in [3.63, 3.8) is 0 Å². The molecule has 108 valence electrons. The molecule has 0 spiro atoms. The van der Waals surface area contributed by atoms with E-state index in [9.17, 15) is 4.39 Å². The van der Waals surface area contributed by atoms with Gasteiger partial charge in [0.1, 0.15) is 5.82 Å². The minimum Gasteiger partial charge on any atom is -0.317 e. The van der Waals surface area contributed by atoms with Crippen LogP contribution in [-0.4, -0.2) is 22.9 Å². The maximum atomic E-state index is 13.2. The predicted octanol–water partition coefficient (Wildman–Crippen LogP) is 3.09. The zero-order valence-corrected chi connectivity index (χ0v) is 12.6. The molecule has 2 aromatic rings. The van der Waals surface area contributed by atoms with Crippen molar-refractivity contribution in [3.8, 4) is 5.69 Å². The van der Waals surface area contributed by atoms with Gasteiger partial charge >= 0.3 is 0 Å². The molecule has 0 fully saturated rings. The Morgan fingerprint density at radius 3 is 2.65 bits per heavy atom. The molecule has 1 aromatic carbocycles. The SMILES string of the molecule is CCNCCc1c(C)nn(-c2ccc(F)cc2C)c1C. The van der Waals surface area contributed by atoms with Crippen LogP contribution >= 0.6 is 0 Å². The molecule has 1 heterocycles. The zero-order valence-electron chi connectivity index (χ0n) is 12.6. The average molecular weight is 275 g/mol. The summed E-state index contributed by atoms with van der Waals surface area (Å²) in [6.45, 7) is 10.0. The summed E-state index contributed by atoms with van der Waals surface area (Å²) >= 11 is 0. The molecular formula is C16H22FN3. The number of rotatable bonds is 5. The van der Waals surface area contributed by atoms with Crippen LogP contribution in [0.15, 0.2) is 18.2 Å². The molecule has 0 aliphatic rings. The van der Waals surface area contributed by atoms with Crippen molar-refractivity contribution in [3.05, 3.63) is 46.5 Å². The molecule has 1 aromatic heterocycles. The van der Waals surface area contributed by atoms with Crippen molar-refractivity contribution in [1.82, 2.24) is 15.1 Å². The number of aromatic nitrogens is 2. The number of hydrogen-bond donors (Lipinski definition) is 1. The van der Waals surface area contributed by atoms with E-state index in [0.29, 0.717) is 0 Å². The second kappa shape index (κ2) is 6.18. The second-order valence-electron chi connectivity index (χ2n) is 5.10. The molecule has 0 atom stereocenters. The van der Waals surface area contributed by atoms with Crippen molar-refractivity contribution in [2.24, 2.45) is 0 Å². The van der Waals surface area contributed by atoms with E-state index in [2.05, 4.69) is 24.3 Å². The molecule has 0 aliphatic heterocycles. The third-order valence-electron chi connectivity index (χ3n) is 3.63. The summed E-state index contributed by atoms with van der Waals surface area (Å²) in [6, 6.07) is 4.82. The van der Waals surface area contributed by atoms with Gasteiger partial charge < -0.3 is 5.32 Å². The molecular weight excluding hydrogens is 253 g/mol. The van der Waals surface area contributed by atoms with E-state index in [1.807, 2.05) is 18.5 Å². The Hall–Kier alpha value is -1.68. The standard InChI is InChI=1S/C16H22FN3/c1-5-18-9-8-15-12(3)19-20(13(15)4)16-7-6-14(17)10-11(16)2/h6-7,10,18H,5,8-9H2,1-4H3. The average Bonchev–Trinajstić information content (AvgIpc) is 2.67. The first-order valence-corrected chi connectivity index (χ1v) is 7.07. The lowest BCUT2D eigenvalue weighted by atomic mass is 10.1. The molecule has 0 bridgehead atoms. The van der Waals surface area contributed by atoms with Gasteiger partial charge in [-0.1, -0.05) is 6.92 Å². The monoisotopic (exact) mass is 275 g/mol. The summed E-state index contributed by atoms with van der Waals surface area (Å²) < 4.78 is 15.1. The smallest absolute Gasteiger partial charge is 0.123 e. The van der Waals surface area contributed by atoms with Gasteiger partial charge in [0.05, 0.1) is 11.4 Å². The Balaban J connectivity index is 2.35. The summed E-state index contributed by atoms with van der Waals surface area (Å²) in [7, 11) is 0. The van der Waals surface area contributed by atoms with Gasteiger partial charge in [0, 0.05) is 5.69 Å². The molecule has 0 unspecified atom stereocenters. The Kier molecular flexibility index (Phi) is 4.55. The predicted molar refractivity (Wildman–Crippen MR) is 80.0 cm³/mol. The number of benzene rings is 1. The van der Waals surface area contributed by atoms with Gasteiger partial charge in [-0.2, -0.15) is 5.10 Å². The van der Waals surface area contributed by atoms with Gasteiger partial charge in [-0.05, 0) is 69.6 Å². The van der Waals surface area contributed by atoms with E-state index >= 15 is 0 Å². The highest BCUT2D eigenvalue weighted by Crippen LogP contribution is 2.21. The molecule has 2 rings (SSSR count). The first-order chi connectivity index (χ1) is 9.54. The molecule has 1 N–H and O–H groups in total. The number of aryl methyl sites for hydroxylation is 2. The Morgan fingerprint density at radius 1 is 1.25 bits per heavy atom. The van der Waals surface area contributed by atoms with E-state index in [0.717, 1.165) is 42.1 Å². The summed E-state index contributed by atoms with van der Waals surface area (Å²) in [4.78, 5) is 0. The van der Waals surface area contributed by atoms with Crippen LogP contribution in [0.4, 0.5) is 4.39 Å². The first kappa shape index (κ1) is 14.7. The van der Waals surface area contributed by atoms with E-state index in [1.165, 1.54) is 11.6 Å². The number of nitrogens with zero attached hydrogens (tertiary/aromatic N) is 2. The molecule has 0 amide bonds. The lowest BCUT2D eigenvalue weighted by molar-refractivity contribution is 0.625. The minimum atomic E-state index is -0.208. The fourth-order valence-corrected chi connectivity index (χ4v) is 2.52. The summed E-state index contributed by atoms with van der Waals surface area (Å²) in [5, 5.41) is 7.95.